The van der Waals surface area contributed by atoms with Crippen LogP contribution in [0.15, 0.2) is 24.3 Å². The van der Waals surface area contributed by atoms with Gasteiger partial charge in [-0.3, -0.25) is 0 Å². The van der Waals surface area contributed by atoms with Crippen molar-refractivity contribution in [1.29, 1.82) is 0 Å². The molecule has 2 bridgehead atoms. The van der Waals surface area contributed by atoms with Crippen LogP contribution < -0.4 is 4.74 Å². The molecule has 1 aromatic rings. The molecule has 0 unspecified atom stereocenters. The summed E-state index contributed by atoms with van der Waals surface area (Å²) >= 11 is 0. The number of hydrogen-bond acceptors (Lipinski definition) is 6. The highest BCUT2D eigenvalue weighted by molar-refractivity contribution is 5.87. The summed E-state index contributed by atoms with van der Waals surface area (Å²) in [6, 6.07) is 6.40. The van der Waals surface area contributed by atoms with Crippen molar-refractivity contribution in [3.63, 3.8) is 0 Å². The first kappa shape index (κ1) is 19.3. The van der Waals surface area contributed by atoms with E-state index in [2.05, 4.69) is 13.8 Å². The molecule has 7 nitrogen and oxygen atoms in total. The van der Waals surface area contributed by atoms with Gasteiger partial charge in [0.25, 0.3) is 0 Å². The van der Waals surface area contributed by atoms with E-state index >= 15 is 0 Å². The number of carboxylic acids is 1. The topological polar surface area (TPSA) is 83.5 Å². The van der Waals surface area contributed by atoms with Gasteiger partial charge in [0.1, 0.15) is 5.75 Å². The van der Waals surface area contributed by atoms with Gasteiger partial charge in [0.15, 0.2) is 11.9 Å². The Balaban J connectivity index is 1.44. The summed E-state index contributed by atoms with van der Waals surface area (Å²) in [5, 5.41) is 9.09. The fraction of sp³-hybridized carbons (Fsp3) is 0.682. The summed E-state index contributed by atoms with van der Waals surface area (Å²) in [6.07, 6.45) is 2.83. The van der Waals surface area contributed by atoms with Crippen molar-refractivity contribution in [2.24, 2.45) is 23.7 Å². The lowest BCUT2D eigenvalue weighted by atomic mass is 9.58. The van der Waals surface area contributed by atoms with Crippen LogP contribution in [-0.2, 0) is 19.2 Å². The number of hydrogen-bond donors (Lipinski definition) is 1. The number of fused-ring (bicyclic) bond motifs is 2. The minimum Gasteiger partial charge on any atom is -0.478 e. The molecule has 1 aliphatic carbocycles. The maximum Gasteiger partial charge on any atom is 0.335 e. The van der Waals surface area contributed by atoms with Crippen LogP contribution in [0.5, 0.6) is 5.75 Å². The molecule has 4 saturated heterocycles. The van der Waals surface area contributed by atoms with Gasteiger partial charge in [0.05, 0.1) is 5.56 Å². The molecule has 4 aliphatic heterocycles. The molecule has 5 fully saturated rings. The van der Waals surface area contributed by atoms with Crippen LogP contribution in [0.2, 0.25) is 0 Å². The largest absolute Gasteiger partial charge is 0.478 e. The zero-order valence-electron chi connectivity index (χ0n) is 17.0. The average Bonchev–Trinajstić information content (AvgIpc) is 2.92. The molecule has 5 aliphatic rings. The lowest BCUT2D eigenvalue weighted by Gasteiger charge is -2.60. The minimum absolute atomic E-state index is 0.0649. The first-order valence-electron chi connectivity index (χ1n) is 10.5. The minimum atomic E-state index is -0.962. The van der Waals surface area contributed by atoms with Gasteiger partial charge in [-0.1, -0.05) is 13.8 Å². The number of aromatic carboxylic acids is 1. The van der Waals surface area contributed by atoms with Crippen LogP contribution in [0.25, 0.3) is 0 Å². The highest BCUT2D eigenvalue weighted by atomic mass is 17.3. The monoisotopic (exact) mass is 404 g/mol. The highest BCUT2D eigenvalue weighted by Crippen LogP contribution is 2.60. The number of carbonyl (C=O) groups is 1. The Morgan fingerprint density at radius 3 is 2.59 bits per heavy atom. The third-order valence-corrected chi connectivity index (χ3v) is 7.45. The highest BCUT2D eigenvalue weighted by Gasteiger charge is 2.69. The van der Waals surface area contributed by atoms with Crippen molar-refractivity contribution in [3.05, 3.63) is 29.8 Å². The molecule has 4 heterocycles. The number of rotatable bonds is 3. The summed E-state index contributed by atoms with van der Waals surface area (Å²) < 4.78 is 18.8. The van der Waals surface area contributed by atoms with Crippen molar-refractivity contribution >= 4 is 5.97 Å². The van der Waals surface area contributed by atoms with E-state index in [4.69, 9.17) is 29.1 Å². The van der Waals surface area contributed by atoms with E-state index in [9.17, 15) is 4.79 Å². The van der Waals surface area contributed by atoms with Crippen LogP contribution >= 0.6 is 0 Å². The van der Waals surface area contributed by atoms with Crippen LogP contribution in [0.1, 0.15) is 56.8 Å². The van der Waals surface area contributed by atoms with Crippen LogP contribution in [0.4, 0.5) is 0 Å². The molecule has 1 aromatic carbocycles. The fourth-order valence-corrected chi connectivity index (χ4v) is 5.82. The Labute approximate surface area is 170 Å². The maximum absolute atomic E-state index is 11.1. The molecule has 0 radical (unpaired) electrons. The summed E-state index contributed by atoms with van der Waals surface area (Å²) in [5.74, 6) is -0.121. The number of ether oxygens (including phenoxy) is 3. The van der Waals surface area contributed by atoms with Gasteiger partial charge in [-0.2, -0.15) is 0 Å². The third-order valence-electron chi connectivity index (χ3n) is 7.45. The lowest BCUT2D eigenvalue weighted by molar-refractivity contribution is -0.575. The van der Waals surface area contributed by atoms with Gasteiger partial charge >= 0.3 is 5.97 Å². The molecule has 1 N–H and O–H groups in total. The van der Waals surface area contributed by atoms with E-state index in [0.29, 0.717) is 17.6 Å². The first-order valence-corrected chi connectivity index (χ1v) is 10.5. The molecule has 8 atom stereocenters. The summed E-state index contributed by atoms with van der Waals surface area (Å²) in [7, 11) is 0. The standard InChI is InChI=1S/C22H28O7/c1-12-4-9-17-13(2)19(25-15-7-5-14(6-8-15)18(23)24)26-20-22(17)16(12)10-11-21(3,27-20)28-29-22/h5-8,12-13,16-17,19-20H,4,9-11H2,1-3H3,(H,23,24)/t12-,13-,16+,17+,19+,20-,21-,22-/m1/s1. The van der Waals surface area contributed by atoms with Crippen molar-refractivity contribution in [2.75, 3.05) is 0 Å². The van der Waals surface area contributed by atoms with E-state index in [-0.39, 0.29) is 17.4 Å². The second-order valence-electron chi connectivity index (χ2n) is 9.22. The Bertz CT molecular complexity index is 795. The Morgan fingerprint density at radius 1 is 1.10 bits per heavy atom. The van der Waals surface area contributed by atoms with Crippen molar-refractivity contribution in [3.8, 4) is 5.75 Å². The molecule has 1 spiro atoms. The van der Waals surface area contributed by atoms with Gasteiger partial charge in [0.2, 0.25) is 12.1 Å². The molecular weight excluding hydrogens is 376 g/mol. The second-order valence-corrected chi connectivity index (χ2v) is 9.22. The zero-order chi connectivity index (χ0) is 20.4. The van der Waals surface area contributed by atoms with Gasteiger partial charge in [-0.25, -0.2) is 14.6 Å². The van der Waals surface area contributed by atoms with Crippen LogP contribution in [-0.4, -0.2) is 35.0 Å². The molecule has 29 heavy (non-hydrogen) atoms. The molecule has 0 amide bonds. The molecule has 158 valence electrons. The van der Waals surface area contributed by atoms with E-state index in [1.54, 1.807) is 12.1 Å². The molecule has 0 aromatic heterocycles. The van der Waals surface area contributed by atoms with E-state index in [1.165, 1.54) is 12.1 Å². The predicted molar refractivity (Wildman–Crippen MR) is 101 cm³/mol. The smallest absolute Gasteiger partial charge is 0.335 e. The molecule has 6 rings (SSSR count). The summed E-state index contributed by atoms with van der Waals surface area (Å²) in [6.45, 7) is 6.31. The third kappa shape index (κ3) is 2.90. The predicted octanol–water partition coefficient (Wildman–Crippen LogP) is 3.97. The normalized spacial score (nSPS) is 45.9. The van der Waals surface area contributed by atoms with Gasteiger partial charge < -0.3 is 19.3 Å². The summed E-state index contributed by atoms with van der Waals surface area (Å²) in [4.78, 5) is 23.0. The Morgan fingerprint density at radius 2 is 1.86 bits per heavy atom. The van der Waals surface area contributed by atoms with E-state index < -0.39 is 29.9 Å². The first-order chi connectivity index (χ1) is 13.8. The average molecular weight is 404 g/mol. The fourth-order valence-electron chi connectivity index (χ4n) is 5.82. The Hall–Kier alpha value is -1.67. The quantitative estimate of drug-likeness (QED) is 0.763. The zero-order valence-corrected chi connectivity index (χ0v) is 17.0. The maximum atomic E-state index is 11.1. The van der Waals surface area contributed by atoms with E-state index in [1.807, 2.05) is 6.92 Å². The second kappa shape index (κ2) is 6.67. The van der Waals surface area contributed by atoms with Crippen LogP contribution in [0, 0.1) is 23.7 Å². The Kier molecular flexibility index (Phi) is 4.44. The van der Waals surface area contributed by atoms with Gasteiger partial charge in [-0.05, 0) is 62.3 Å². The van der Waals surface area contributed by atoms with Crippen molar-refractivity contribution in [2.45, 2.75) is 70.4 Å². The SMILES string of the molecule is C[C@H]1[C@@H](Oc2ccc(C(=O)O)cc2)O[C@@H]2O[C@@]3(C)CC[C@H]4[C@H](C)CC[C@@H]1[C@@]24OO3. The number of carboxylic acid groups (broad SMARTS) is 1. The summed E-state index contributed by atoms with van der Waals surface area (Å²) in [5.41, 5.74) is -0.388. The van der Waals surface area contributed by atoms with Gasteiger partial charge in [0, 0.05) is 18.3 Å². The van der Waals surface area contributed by atoms with Crippen LogP contribution in [0.3, 0.4) is 0 Å². The van der Waals surface area contributed by atoms with E-state index in [0.717, 1.165) is 25.7 Å². The lowest BCUT2D eigenvalue weighted by Crippen LogP contribution is -2.70. The van der Waals surface area contributed by atoms with Gasteiger partial charge in [-0.15, -0.1) is 0 Å². The molecule has 1 saturated carbocycles. The van der Waals surface area contributed by atoms with Crippen molar-refractivity contribution in [1.82, 2.24) is 0 Å². The molecular formula is C22H28O7. The van der Waals surface area contributed by atoms with Crippen molar-refractivity contribution < 1.29 is 33.9 Å². The number of benzene rings is 1. The molecule has 7 heteroatoms.